The molecule has 0 amide bonds. The Hall–Kier alpha value is 2.03. The van der Waals surface area contributed by atoms with Crippen molar-refractivity contribution in [3.05, 3.63) is 0 Å². The number of nitrogens with two attached hydrogens (primary N) is 1. The SMILES string of the molecule is C[C@@H](O)[C@H](N)C(=O)O.[H-].[H-].[K+].[Na+]. The summed E-state index contributed by atoms with van der Waals surface area (Å²) in [6.45, 7) is 1.33. The molecule has 0 aromatic carbocycles. The fourth-order valence-electron chi connectivity index (χ4n) is 0.206. The Morgan fingerprint density at radius 1 is 1.70 bits per heavy atom. The van der Waals surface area contributed by atoms with Gasteiger partial charge in [-0.15, -0.1) is 0 Å². The van der Waals surface area contributed by atoms with E-state index in [1.807, 2.05) is 0 Å². The van der Waals surface area contributed by atoms with Gasteiger partial charge in [-0.1, -0.05) is 0 Å². The number of carboxylic acid groups (broad SMARTS) is 1. The van der Waals surface area contributed by atoms with E-state index in [1.165, 1.54) is 6.92 Å². The van der Waals surface area contributed by atoms with Crippen LogP contribution in [0.25, 0.3) is 0 Å². The van der Waals surface area contributed by atoms with Gasteiger partial charge in [0, 0.05) is 0 Å². The van der Waals surface area contributed by atoms with Crippen LogP contribution in [0.2, 0.25) is 0 Å². The summed E-state index contributed by atoms with van der Waals surface area (Å²) in [6.07, 6.45) is -0.979. The molecular weight excluding hydrogens is 172 g/mol. The number of carbonyl (C=O) groups is 1. The molecule has 0 radical (unpaired) electrons. The van der Waals surface area contributed by atoms with Crippen molar-refractivity contribution in [3.63, 3.8) is 0 Å². The quantitative estimate of drug-likeness (QED) is 0.371. The molecule has 4 nitrogen and oxygen atoms in total. The van der Waals surface area contributed by atoms with Crippen molar-refractivity contribution in [1.82, 2.24) is 0 Å². The number of carboxylic acids is 1. The van der Waals surface area contributed by atoms with Crippen LogP contribution in [0.1, 0.15) is 9.78 Å². The van der Waals surface area contributed by atoms with Gasteiger partial charge >= 0.3 is 86.9 Å². The van der Waals surface area contributed by atoms with Crippen LogP contribution < -0.4 is 86.7 Å². The molecule has 52 valence electrons. The number of aliphatic hydroxyl groups is 1. The van der Waals surface area contributed by atoms with Gasteiger partial charge in [-0.2, -0.15) is 0 Å². The molecule has 10 heavy (non-hydrogen) atoms. The van der Waals surface area contributed by atoms with Gasteiger partial charge in [0.25, 0.3) is 0 Å². The molecular formula is C4H11KNNaO3. The minimum absolute atomic E-state index is 0. The molecule has 0 saturated carbocycles. The van der Waals surface area contributed by atoms with E-state index in [1.54, 1.807) is 0 Å². The summed E-state index contributed by atoms with van der Waals surface area (Å²) in [4.78, 5) is 9.86. The maximum Gasteiger partial charge on any atom is 1.00 e. The van der Waals surface area contributed by atoms with E-state index in [-0.39, 0.29) is 83.8 Å². The Morgan fingerprint density at radius 3 is 2.00 bits per heavy atom. The molecule has 2 atom stereocenters. The molecule has 0 bridgehead atoms. The average Bonchev–Trinajstić information content (AvgIpc) is 1.64. The fourth-order valence-corrected chi connectivity index (χ4v) is 0.206. The maximum absolute atomic E-state index is 9.86. The van der Waals surface area contributed by atoms with Crippen molar-refractivity contribution in [2.45, 2.75) is 19.1 Å². The van der Waals surface area contributed by atoms with E-state index in [0.717, 1.165) is 0 Å². The first kappa shape index (κ1) is 17.9. The van der Waals surface area contributed by atoms with E-state index < -0.39 is 18.1 Å². The summed E-state index contributed by atoms with van der Waals surface area (Å²) < 4.78 is 0. The van der Waals surface area contributed by atoms with Crippen molar-refractivity contribution >= 4 is 5.97 Å². The van der Waals surface area contributed by atoms with Crippen molar-refractivity contribution in [3.8, 4) is 0 Å². The van der Waals surface area contributed by atoms with Crippen LogP contribution in [-0.2, 0) is 4.79 Å². The van der Waals surface area contributed by atoms with Gasteiger partial charge < -0.3 is 18.8 Å². The molecule has 0 aromatic heterocycles. The van der Waals surface area contributed by atoms with Crippen molar-refractivity contribution in [2.75, 3.05) is 0 Å². The third kappa shape index (κ3) is 8.13. The molecule has 0 aromatic rings. The molecule has 0 rings (SSSR count). The summed E-state index contributed by atoms with van der Waals surface area (Å²) in [5.41, 5.74) is 4.91. The van der Waals surface area contributed by atoms with Crippen LogP contribution in [0.15, 0.2) is 0 Å². The first-order valence-electron chi connectivity index (χ1n) is 2.22. The smallest absolute Gasteiger partial charge is 1.00 e. The third-order valence-corrected chi connectivity index (χ3v) is 0.805. The van der Waals surface area contributed by atoms with Gasteiger partial charge in [-0.25, -0.2) is 0 Å². The van der Waals surface area contributed by atoms with E-state index in [2.05, 4.69) is 0 Å². The van der Waals surface area contributed by atoms with Crippen molar-refractivity contribution < 1.29 is 98.8 Å². The summed E-state index contributed by atoms with van der Waals surface area (Å²) in [6, 6.07) is -1.16. The summed E-state index contributed by atoms with van der Waals surface area (Å²) >= 11 is 0. The first-order valence-corrected chi connectivity index (χ1v) is 2.22. The summed E-state index contributed by atoms with van der Waals surface area (Å²) in [5.74, 6) is -1.18. The van der Waals surface area contributed by atoms with Gasteiger partial charge in [0.15, 0.2) is 0 Å². The zero-order valence-electron chi connectivity index (χ0n) is 8.53. The molecule has 6 heteroatoms. The van der Waals surface area contributed by atoms with E-state index in [0.29, 0.717) is 0 Å². The van der Waals surface area contributed by atoms with Gasteiger partial charge in [0.05, 0.1) is 6.10 Å². The second kappa shape index (κ2) is 9.12. The summed E-state index contributed by atoms with van der Waals surface area (Å²) in [7, 11) is 0. The third-order valence-electron chi connectivity index (χ3n) is 0.805. The minimum Gasteiger partial charge on any atom is -1.00 e. The molecule has 0 heterocycles. The predicted molar refractivity (Wildman–Crippen MR) is 29.5 cm³/mol. The molecule has 4 N–H and O–H groups in total. The van der Waals surface area contributed by atoms with Crippen LogP contribution in [0.3, 0.4) is 0 Å². The van der Waals surface area contributed by atoms with Gasteiger partial charge in [0.2, 0.25) is 0 Å². The van der Waals surface area contributed by atoms with Crippen LogP contribution >= 0.6 is 0 Å². The predicted octanol–water partition coefficient (Wildman–Crippen LogP) is -6.99. The molecule has 0 unspecified atom stereocenters. The largest absolute Gasteiger partial charge is 1.00 e. The Morgan fingerprint density at radius 2 is 2.00 bits per heavy atom. The zero-order valence-corrected chi connectivity index (χ0v) is 11.7. The minimum atomic E-state index is -1.18. The fraction of sp³-hybridized carbons (Fsp3) is 0.750. The molecule has 0 aliphatic carbocycles. The number of hydrogen-bond acceptors (Lipinski definition) is 3. The maximum atomic E-state index is 9.86. The molecule has 0 aliphatic heterocycles. The number of aliphatic hydroxyl groups excluding tert-OH is 1. The van der Waals surface area contributed by atoms with Crippen LogP contribution in [0.4, 0.5) is 0 Å². The van der Waals surface area contributed by atoms with Crippen molar-refractivity contribution in [1.29, 1.82) is 0 Å². The molecule has 0 spiro atoms. The normalized spacial score (nSPS) is 13.9. The Balaban J connectivity index is -0.0000000408. The topological polar surface area (TPSA) is 83.5 Å². The monoisotopic (exact) mass is 183 g/mol. The van der Waals surface area contributed by atoms with Gasteiger partial charge in [0.1, 0.15) is 6.04 Å². The van der Waals surface area contributed by atoms with E-state index >= 15 is 0 Å². The number of rotatable bonds is 2. The Kier molecular flexibility index (Phi) is 16.4. The van der Waals surface area contributed by atoms with Gasteiger partial charge in [-0.05, 0) is 6.92 Å². The average molecular weight is 183 g/mol. The Bertz CT molecular complexity index is 108. The Labute approximate surface area is 127 Å². The number of hydrogen-bond donors (Lipinski definition) is 3. The van der Waals surface area contributed by atoms with Gasteiger partial charge in [-0.3, -0.25) is 4.79 Å². The summed E-state index contributed by atoms with van der Waals surface area (Å²) in [5, 5.41) is 16.6. The van der Waals surface area contributed by atoms with Crippen LogP contribution in [-0.4, -0.2) is 28.3 Å². The second-order valence-corrected chi connectivity index (χ2v) is 1.60. The molecule has 0 saturated heterocycles. The zero-order chi connectivity index (χ0) is 6.73. The first-order chi connectivity index (χ1) is 3.55. The van der Waals surface area contributed by atoms with Crippen molar-refractivity contribution in [2.24, 2.45) is 5.73 Å². The molecule has 0 fully saturated rings. The second-order valence-electron chi connectivity index (χ2n) is 1.60. The van der Waals surface area contributed by atoms with E-state index in [9.17, 15) is 4.79 Å². The van der Waals surface area contributed by atoms with Crippen LogP contribution in [0.5, 0.6) is 0 Å². The molecule has 0 aliphatic rings. The number of aliphatic carboxylic acids is 1. The van der Waals surface area contributed by atoms with Crippen LogP contribution in [0, 0.1) is 0 Å². The standard InChI is InChI=1S/C4H9NO3.K.Na.2H/c1-2(6)3(5)4(7)8;;;;/h2-3,6H,5H2,1H3,(H,7,8);;;;/q;2*+1;2*-1/t2-,3+;;;;/m1..../s1. The van der Waals surface area contributed by atoms with E-state index in [4.69, 9.17) is 15.9 Å².